The molecule has 2 aromatic rings. The van der Waals surface area contributed by atoms with Crippen LogP contribution in [0.25, 0.3) is 0 Å². The zero-order valence-corrected chi connectivity index (χ0v) is 16.2. The first-order chi connectivity index (χ1) is 13.4. The number of benzene rings is 2. The average Bonchev–Trinajstić information content (AvgIpc) is 2.70. The largest absolute Gasteiger partial charge is 0.368 e. The van der Waals surface area contributed by atoms with Gasteiger partial charge in [0.15, 0.2) is 0 Å². The van der Waals surface area contributed by atoms with Crippen LogP contribution >= 0.6 is 11.6 Å². The molecule has 1 aliphatic heterocycles. The molecule has 0 unspecified atom stereocenters. The molecule has 1 aliphatic rings. The van der Waals surface area contributed by atoms with Crippen molar-refractivity contribution >= 4 is 34.9 Å². The number of anilines is 2. The lowest BCUT2D eigenvalue weighted by molar-refractivity contribution is -0.117. The lowest BCUT2D eigenvalue weighted by Crippen LogP contribution is -2.54. The fourth-order valence-corrected chi connectivity index (χ4v) is 3.09. The van der Waals surface area contributed by atoms with Crippen molar-refractivity contribution in [1.29, 1.82) is 0 Å². The number of para-hydroxylation sites is 1. The second-order valence-corrected chi connectivity index (χ2v) is 7.03. The molecule has 3 amide bonds. The molecule has 1 fully saturated rings. The summed E-state index contributed by atoms with van der Waals surface area (Å²) in [6.07, 6.45) is 0. The van der Waals surface area contributed by atoms with Gasteiger partial charge in [-0.2, -0.15) is 0 Å². The lowest BCUT2D eigenvalue weighted by Gasteiger charge is -2.36. The molecular weight excluding hydrogens is 383 g/mol. The van der Waals surface area contributed by atoms with Crippen LogP contribution in [0.2, 0.25) is 5.02 Å². The maximum atomic E-state index is 13.6. The van der Waals surface area contributed by atoms with Gasteiger partial charge in [0.1, 0.15) is 11.9 Å². The molecule has 6 nitrogen and oxygen atoms in total. The van der Waals surface area contributed by atoms with Gasteiger partial charge in [-0.15, -0.1) is 0 Å². The highest BCUT2D eigenvalue weighted by Gasteiger charge is 2.24. The number of amides is 3. The van der Waals surface area contributed by atoms with Gasteiger partial charge in [-0.3, -0.25) is 4.79 Å². The van der Waals surface area contributed by atoms with Gasteiger partial charge in [-0.05, 0) is 43.3 Å². The van der Waals surface area contributed by atoms with Crippen LogP contribution in [0.4, 0.5) is 20.6 Å². The number of carbonyl (C=O) groups excluding carboxylic acids is 2. The van der Waals surface area contributed by atoms with Gasteiger partial charge in [0.2, 0.25) is 5.91 Å². The van der Waals surface area contributed by atoms with Gasteiger partial charge in [-0.25, -0.2) is 9.18 Å². The summed E-state index contributed by atoms with van der Waals surface area (Å²) in [5.74, 6) is -0.994. The molecule has 8 heteroatoms. The molecule has 2 aromatic carbocycles. The van der Waals surface area contributed by atoms with Gasteiger partial charge in [0, 0.05) is 36.9 Å². The Kier molecular flexibility index (Phi) is 6.36. The monoisotopic (exact) mass is 404 g/mol. The smallest absolute Gasteiger partial charge is 0.318 e. The summed E-state index contributed by atoms with van der Waals surface area (Å²) < 4.78 is 13.6. The SMILES string of the molecule is C[C@H](NC(=O)N1CCN(c2ccc(Cl)cc2)CC1)C(=O)Nc1ccccc1F. The summed E-state index contributed by atoms with van der Waals surface area (Å²) in [5.41, 5.74) is 1.15. The van der Waals surface area contributed by atoms with E-state index >= 15 is 0 Å². The number of nitrogens with one attached hydrogen (secondary N) is 2. The second-order valence-electron chi connectivity index (χ2n) is 6.59. The van der Waals surface area contributed by atoms with E-state index in [-0.39, 0.29) is 11.7 Å². The normalized spacial score (nSPS) is 15.1. The third-order valence-corrected chi connectivity index (χ3v) is 4.88. The standard InChI is InChI=1S/C20H22ClFN4O2/c1-14(19(27)24-18-5-3-2-4-17(18)22)23-20(28)26-12-10-25(11-13-26)16-8-6-15(21)7-9-16/h2-9,14H,10-13H2,1H3,(H,23,28)(H,24,27)/t14-/m0/s1. The summed E-state index contributed by atoms with van der Waals surface area (Å²) in [6, 6.07) is 12.4. The van der Waals surface area contributed by atoms with Crippen molar-refractivity contribution in [3.8, 4) is 0 Å². The van der Waals surface area contributed by atoms with Gasteiger partial charge in [0.25, 0.3) is 0 Å². The lowest BCUT2D eigenvalue weighted by atomic mass is 10.2. The predicted octanol–water partition coefficient (Wildman–Crippen LogP) is 3.34. The Morgan fingerprint density at radius 3 is 2.32 bits per heavy atom. The minimum atomic E-state index is -0.790. The number of halogens is 2. The molecule has 148 valence electrons. The molecule has 1 saturated heterocycles. The van der Waals surface area contributed by atoms with E-state index in [9.17, 15) is 14.0 Å². The second kappa shape index (κ2) is 8.93. The summed E-state index contributed by atoms with van der Waals surface area (Å²) in [7, 11) is 0. The molecule has 0 aliphatic carbocycles. The minimum Gasteiger partial charge on any atom is -0.368 e. The summed E-state index contributed by atoms with van der Waals surface area (Å²) in [6.45, 7) is 4.01. The highest BCUT2D eigenvalue weighted by molar-refractivity contribution is 6.30. The van der Waals surface area contributed by atoms with Crippen molar-refractivity contribution in [2.45, 2.75) is 13.0 Å². The van der Waals surface area contributed by atoms with E-state index in [1.807, 2.05) is 24.3 Å². The van der Waals surface area contributed by atoms with Crippen molar-refractivity contribution in [1.82, 2.24) is 10.2 Å². The number of hydrogen-bond acceptors (Lipinski definition) is 3. The van der Waals surface area contributed by atoms with Crippen molar-refractivity contribution in [2.75, 3.05) is 36.4 Å². The van der Waals surface area contributed by atoms with Crippen molar-refractivity contribution in [3.63, 3.8) is 0 Å². The van der Waals surface area contributed by atoms with E-state index in [1.54, 1.807) is 24.0 Å². The number of nitrogens with zero attached hydrogens (tertiary/aromatic N) is 2. The number of carbonyl (C=O) groups is 2. The molecule has 2 N–H and O–H groups in total. The number of hydrogen-bond donors (Lipinski definition) is 2. The van der Waals surface area contributed by atoms with Crippen LogP contribution in [0.15, 0.2) is 48.5 Å². The Balaban J connectivity index is 1.49. The molecular formula is C20H22ClFN4O2. The summed E-state index contributed by atoms with van der Waals surface area (Å²) in [4.78, 5) is 28.5. The van der Waals surface area contributed by atoms with Crippen LogP contribution in [0.1, 0.15) is 6.92 Å². The van der Waals surface area contributed by atoms with Crippen LogP contribution in [0, 0.1) is 5.82 Å². The molecule has 3 rings (SSSR count). The van der Waals surface area contributed by atoms with E-state index in [4.69, 9.17) is 11.6 Å². The maximum Gasteiger partial charge on any atom is 0.318 e. The van der Waals surface area contributed by atoms with Crippen molar-refractivity contribution in [3.05, 3.63) is 59.4 Å². The Morgan fingerprint density at radius 2 is 1.68 bits per heavy atom. The first-order valence-corrected chi connectivity index (χ1v) is 9.43. The number of piperazine rings is 1. The van der Waals surface area contributed by atoms with Crippen LogP contribution in [0.3, 0.4) is 0 Å². The summed E-state index contributed by atoms with van der Waals surface area (Å²) >= 11 is 5.92. The van der Waals surface area contributed by atoms with E-state index in [1.165, 1.54) is 12.1 Å². The average molecular weight is 405 g/mol. The van der Waals surface area contributed by atoms with Crippen LogP contribution in [0.5, 0.6) is 0 Å². The molecule has 0 saturated carbocycles. The van der Waals surface area contributed by atoms with Gasteiger partial charge >= 0.3 is 6.03 Å². The van der Waals surface area contributed by atoms with E-state index in [2.05, 4.69) is 15.5 Å². The zero-order chi connectivity index (χ0) is 20.1. The van der Waals surface area contributed by atoms with Crippen LogP contribution in [-0.4, -0.2) is 49.1 Å². The van der Waals surface area contributed by atoms with Crippen LogP contribution < -0.4 is 15.5 Å². The Hall–Kier alpha value is -2.80. The molecule has 1 heterocycles. The van der Waals surface area contributed by atoms with E-state index in [0.717, 1.165) is 5.69 Å². The maximum absolute atomic E-state index is 13.6. The quantitative estimate of drug-likeness (QED) is 0.821. The third kappa shape index (κ3) is 4.92. The minimum absolute atomic E-state index is 0.0881. The molecule has 0 radical (unpaired) electrons. The molecule has 0 aromatic heterocycles. The fraction of sp³-hybridized carbons (Fsp3) is 0.300. The third-order valence-electron chi connectivity index (χ3n) is 4.62. The fourth-order valence-electron chi connectivity index (χ4n) is 2.97. The van der Waals surface area contributed by atoms with E-state index in [0.29, 0.717) is 31.2 Å². The molecule has 1 atom stereocenters. The van der Waals surface area contributed by atoms with Crippen molar-refractivity contribution < 1.29 is 14.0 Å². The first kappa shape index (κ1) is 19.9. The van der Waals surface area contributed by atoms with Crippen molar-refractivity contribution in [2.24, 2.45) is 0 Å². The highest BCUT2D eigenvalue weighted by atomic mass is 35.5. The van der Waals surface area contributed by atoms with Crippen LogP contribution in [-0.2, 0) is 4.79 Å². The molecule has 0 bridgehead atoms. The van der Waals surface area contributed by atoms with Gasteiger partial charge in [0.05, 0.1) is 5.69 Å². The molecule has 0 spiro atoms. The highest BCUT2D eigenvalue weighted by Crippen LogP contribution is 2.19. The van der Waals surface area contributed by atoms with E-state index < -0.39 is 17.8 Å². The Labute approximate surface area is 168 Å². The number of urea groups is 1. The van der Waals surface area contributed by atoms with Gasteiger partial charge < -0.3 is 20.4 Å². The Bertz CT molecular complexity index is 838. The summed E-state index contributed by atoms with van der Waals surface area (Å²) in [5, 5.41) is 5.84. The first-order valence-electron chi connectivity index (χ1n) is 9.05. The topological polar surface area (TPSA) is 64.7 Å². The zero-order valence-electron chi connectivity index (χ0n) is 15.5. The number of rotatable bonds is 4. The van der Waals surface area contributed by atoms with Gasteiger partial charge in [-0.1, -0.05) is 23.7 Å². The molecule has 28 heavy (non-hydrogen) atoms. The predicted molar refractivity (Wildman–Crippen MR) is 108 cm³/mol. The Morgan fingerprint density at radius 1 is 1.04 bits per heavy atom.